The smallest absolute Gasteiger partial charge is 0.223 e. The summed E-state index contributed by atoms with van der Waals surface area (Å²) in [5, 5.41) is 8.67. The Kier molecular flexibility index (Phi) is 2.92. The molecule has 2 heterocycles. The van der Waals surface area contributed by atoms with Gasteiger partial charge in [-0.2, -0.15) is 5.26 Å². The van der Waals surface area contributed by atoms with Gasteiger partial charge < -0.3 is 9.88 Å². The summed E-state index contributed by atoms with van der Waals surface area (Å²) in [5.41, 5.74) is 1.93. The molecule has 1 saturated heterocycles. The predicted octanol–water partition coefficient (Wildman–Crippen LogP) is 1.48. The lowest BCUT2D eigenvalue weighted by atomic mass is 10.0. The molecule has 1 aliphatic rings. The van der Waals surface area contributed by atoms with E-state index in [9.17, 15) is 4.79 Å². The molecule has 0 radical (unpaired) electrons. The molecule has 2 aromatic rings. The SMILES string of the molecule is N#CC1CN(C(=O)CCc2nc3ccccc3[nH]2)C1. The van der Waals surface area contributed by atoms with Gasteiger partial charge in [0, 0.05) is 25.9 Å². The number of fused-ring (bicyclic) bond motifs is 1. The van der Waals surface area contributed by atoms with Crippen molar-refractivity contribution in [2.75, 3.05) is 13.1 Å². The molecule has 5 nitrogen and oxygen atoms in total. The number of nitrogens with zero attached hydrogens (tertiary/aromatic N) is 3. The second-order valence-electron chi connectivity index (χ2n) is 4.83. The number of nitrogens with one attached hydrogen (secondary N) is 1. The van der Waals surface area contributed by atoms with Crippen molar-refractivity contribution < 1.29 is 4.79 Å². The van der Waals surface area contributed by atoms with Crippen LogP contribution >= 0.6 is 0 Å². The molecule has 0 unspecified atom stereocenters. The van der Waals surface area contributed by atoms with Crippen LogP contribution in [0.15, 0.2) is 24.3 Å². The summed E-state index contributed by atoms with van der Waals surface area (Å²) in [6.07, 6.45) is 1.05. The maximum Gasteiger partial charge on any atom is 0.223 e. The Bertz CT molecular complexity index is 616. The highest BCUT2D eigenvalue weighted by atomic mass is 16.2. The van der Waals surface area contributed by atoms with Crippen molar-refractivity contribution in [3.8, 4) is 6.07 Å². The molecular formula is C14H14N4O. The zero-order valence-electron chi connectivity index (χ0n) is 10.5. The van der Waals surface area contributed by atoms with Crippen molar-refractivity contribution in [1.29, 1.82) is 5.26 Å². The Labute approximate surface area is 110 Å². The topological polar surface area (TPSA) is 72.8 Å². The monoisotopic (exact) mass is 254 g/mol. The van der Waals surface area contributed by atoms with Gasteiger partial charge in [0.15, 0.2) is 0 Å². The number of imidazole rings is 1. The first-order valence-electron chi connectivity index (χ1n) is 6.37. The third-order valence-electron chi connectivity index (χ3n) is 3.43. The molecular weight excluding hydrogens is 240 g/mol. The van der Waals surface area contributed by atoms with Crippen molar-refractivity contribution in [1.82, 2.24) is 14.9 Å². The number of aromatic amines is 1. The van der Waals surface area contributed by atoms with Gasteiger partial charge in [0.1, 0.15) is 5.82 Å². The largest absolute Gasteiger partial charge is 0.342 e. The molecule has 1 aromatic heterocycles. The van der Waals surface area contributed by atoms with Crippen LogP contribution in [0.1, 0.15) is 12.2 Å². The fourth-order valence-electron chi connectivity index (χ4n) is 2.27. The molecule has 1 fully saturated rings. The number of para-hydroxylation sites is 2. The lowest BCUT2D eigenvalue weighted by Gasteiger charge is -2.35. The lowest BCUT2D eigenvalue weighted by molar-refractivity contribution is -0.136. The fourth-order valence-corrected chi connectivity index (χ4v) is 2.27. The van der Waals surface area contributed by atoms with Crippen LogP contribution in [0.3, 0.4) is 0 Å². The van der Waals surface area contributed by atoms with Gasteiger partial charge in [-0.05, 0) is 12.1 Å². The quantitative estimate of drug-likeness (QED) is 0.901. The number of H-pyrrole nitrogens is 1. The number of carbonyl (C=O) groups excluding carboxylic acids is 1. The molecule has 0 atom stereocenters. The van der Waals surface area contributed by atoms with E-state index in [4.69, 9.17) is 5.26 Å². The van der Waals surface area contributed by atoms with Gasteiger partial charge in [0.2, 0.25) is 5.91 Å². The van der Waals surface area contributed by atoms with E-state index in [0.717, 1.165) is 16.9 Å². The molecule has 5 heteroatoms. The van der Waals surface area contributed by atoms with Gasteiger partial charge in [0.25, 0.3) is 0 Å². The van der Waals surface area contributed by atoms with Crippen LogP contribution in [0, 0.1) is 17.2 Å². The van der Waals surface area contributed by atoms with Gasteiger partial charge in [0.05, 0.1) is 23.0 Å². The minimum atomic E-state index is 0.0233. The fraction of sp³-hybridized carbons (Fsp3) is 0.357. The van der Waals surface area contributed by atoms with Crippen molar-refractivity contribution in [3.05, 3.63) is 30.1 Å². The summed E-state index contributed by atoms with van der Waals surface area (Å²) in [7, 11) is 0. The number of benzene rings is 1. The number of hydrogen-bond acceptors (Lipinski definition) is 3. The Morgan fingerprint density at radius 2 is 2.26 bits per heavy atom. The van der Waals surface area contributed by atoms with Crippen molar-refractivity contribution >= 4 is 16.9 Å². The minimum absolute atomic E-state index is 0.0233. The maximum atomic E-state index is 11.9. The Hall–Kier alpha value is -2.35. The Balaban J connectivity index is 1.57. The number of aromatic nitrogens is 2. The zero-order valence-corrected chi connectivity index (χ0v) is 10.5. The molecule has 3 rings (SSSR count). The van der Waals surface area contributed by atoms with E-state index in [1.165, 1.54) is 0 Å². The molecule has 1 aromatic carbocycles. The van der Waals surface area contributed by atoms with E-state index in [-0.39, 0.29) is 11.8 Å². The van der Waals surface area contributed by atoms with Gasteiger partial charge in [-0.25, -0.2) is 4.98 Å². The zero-order chi connectivity index (χ0) is 13.2. The molecule has 1 amide bonds. The number of rotatable bonds is 3. The third-order valence-corrected chi connectivity index (χ3v) is 3.43. The second-order valence-corrected chi connectivity index (χ2v) is 4.83. The summed E-state index contributed by atoms with van der Waals surface area (Å²) in [5.74, 6) is 0.967. The van der Waals surface area contributed by atoms with Crippen LogP contribution in [0.4, 0.5) is 0 Å². The van der Waals surface area contributed by atoms with E-state index in [2.05, 4.69) is 16.0 Å². The number of amides is 1. The lowest BCUT2D eigenvalue weighted by Crippen LogP contribution is -2.49. The Morgan fingerprint density at radius 1 is 1.47 bits per heavy atom. The molecule has 1 N–H and O–H groups in total. The average molecular weight is 254 g/mol. The van der Waals surface area contributed by atoms with Crippen LogP contribution in [-0.2, 0) is 11.2 Å². The van der Waals surface area contributed by atoms with E-state index >= 15 is 0 Å². The van der Waals surface area contributed by atoms with Crippen LogP contribution < -0.4 is 0 Å². The van der Waals surface area contributed by atoms with Crippen LogP contribution in [-0.4, -0.2) is 33.9 Å². The number of likely N-dealkylation sites (tertiary alicyclic amines) is 1. The maximum absolute atomic E-state index is 11.9. The second kappa shape index (κ2) is 4.73. The summed E-state index contributed by atoms with van der Waals surface area (Å²) in [6.45, 7) is 1.16. The highest BCUT2D eigenvalue weighted by Gasteiger charge is 2.29. The van der Waals surface area contributed by atoms with Crippen LogP contribution in [0.25, 0.3) is 11.0 Å². The summed E-state index contributed by atoms with van der Waals surface area (Å²) in [4.78, 5) is 21.2. The minimum Gasteiger partial charge on any atom is -0.342 e. The first kappa shape index (κ1) is 11.7. The molecule has 1 aliphatic heterocycles. The highest BCUT2D eigenvalue weighted by molar-refractivity contribution is 5.78. The normalized spacial score (nSPS) is 15.2. The molecule has 0 bridgehead atoms. The summed E-state index contributed by atoms with van der Waals surface area (Å²) >= 11 is 0. The molecule has 0 aliphatic carbocycles. The third kappa shape index (κ3) is 2.29. The molecule has 0 saturated carbocycles. The van der Waals surface area contributed by atoms with Gasteiger partial charge in [-0.1, -0.05) is 12.1 Å². The van der Waals surface area contributed by atoms with Crippen molar-refractivity contribution in [2.45, 2.75) is 12.8 Å². The molecule has 19 heavy (non-hydrogen) atoms. The van der Waals surface area contributed by atoms with Gasteiger partial charge >= 0.3 is 0 Å². The number of nitriles is 1. The van der Waals surface area contributed by atoms with E-state index in [0.29, 0.717) is 25.9 Å². The predicted molar refractivity (Wildman–Crippen MR) is 70.1 cm³/mol. The number of carbonyl (C=O) groups is 1. The summed E-state index contributed by atoms with van der Waals surface area (Å²) < 4.78 is 0. The first-order chi connectivity index (χ1) is 9.26. The van der Waals surface area contributed by atoms with Gasteiger partial charge in [-0.15, -0.1) is 0 Å². The van der Waals surface area contributed by atoms with E-state index in [1.54, 1.807) is 4.90 Å². The van der Waals surface area contributed by atoms with E-state index < -0.39 is 0 Å². The molecule has 96 valence electrons. The Morgan fingerprint density at radius 3 is 3.00 bits per heavy atom. The average Bonchev–Trinajstić information content (AvgIpc) is 2.77. The van der Waals surface area contributed by atoms with E-state index in [1.807, 2.05) is 24.3 Å². The van der Waals surface area contributed by atoms with Crippen molar-refractivity contribution in [3.63, 3.8) is 0 Å². The van der Waals surface area contributed by atoms with Gasteiger partial charge in [-0.3, -0.25) is 4.79 Å². The first-order valence-corrected chi connectivity index (χ1v) is 6.37. The van der Waals surface area contributed by atoms with Crippen LogP contribution in [0.2, 0.25) is 0 Å². The summed E-state index contributed by atoms with van der Waals surface area (Å²) in [6, 6.07) is 9.99. The van der Waals surface area contributed by atoms with Crippen LogP contribution in [0.5, 0.6) is 0 Å². The number of aryl methyl sites for hydroxylation is 1. The highest BCUT2D eigenvalue weighted by Crippen LogP contribution is 2.17. The standard InChI is InChI=1S/C14H14N4O/c15-7-10-8-18(9-10)14(19)6-5-13-16-11-3-1-2-4-12(11)17-13/h1-4,10H,5-6,8-9H2,(H,16,17). The molecule has 0 spiro atoms. The number of hydrogen-bond donors (Lipinski definition) is 1. The van der Waals surface area contributed by atoms with Crippen molar-refractivity contribution in [2.24, 2.45) is 5.92 Å².